The first kappa shape index (κ1) is 11.2. The molecule has 0 fully saturated rings. The van der Waals surface area contributed by atoms with Crippen molar-refractivity contribution in [2.24, 2.45) is 0 Å². The van der Waals surface area contributed by atoms with Crippen LogP contribution in [0.5, 0.6) is 0 Å². The van der Waals surface area contributed by atoms with Gasteiger partial charge in [0.15, 0.2) is 0 Å². The molecular formula is C11H11IO2. The minimum atomic E-state index is -0.872. The third-order valence-electron chi connectivity index (χ3n) is 1.85. The van der Waals surface area contributed by atoms with Crippen molar-refractivity contribution in [3.05, 3.63) is 41.0 Å². The molecule has 1 rings (SSSR count). The Morgan fingerprint density at radius 3 is 2.43 bits per heavy atom. The topological polar surface area (TPSA) is 37.3 Å². The number of benzene rings is 1. The van der Waals surface area contributed by atoms with Gasteiger partial charge in [-0.25, -0.2) is 4.79 Å². The normalized spacial score (nSPS) is 11.4. The average Bonchev–Trinajstić information content (AvgIpc) is 2.19. The van der Waals surface area contributed by atoms with Gasteiger partial charge in [-0.1, -0.05) is 46.9 Å². The Balaban J connectivity index is 2.88. The summed E-state index contributed by atoms with van der Waals surface area (Å²) in [4.78, 5) is 10.6. The molecule has 0 saturated carbocycles. The van der Waals surface area contributed by atoms with Crippen molar-refractivity contribution in [1.82, 2.24) is 0 Å². The molecular weight excluding hydrogens is 291 g/mol. The lowest BCUT2D eigenvalue weighted by Gasteiger charge is -1.97. The van der Waals surface area contributed by atoms with E-state index >= 15 is 0 Å². The van der Waals surface area contributed by atoms with Crippen molar-refractivity contribution in [3.63, 3.8) is 0 Å². The first-order valence-corrected chi connectivity index (χ1v) is 5.72. The molecule has 1 aromatic carbocycles. The molecule has 2 nitrogen and oxygen atoms in total. The van der Waals surface area contributed by atoms with Gasteiger partial charge in [-0.3, -0.25) is 0 Å². The molecule has 0 atom stereocenters. The van der Waals surface area contributed by atoms with Crippen LogP contribution in [-0.2, 0) is 9.22 Å². The summed E-state index contributed by atoms with van der Waals surface area (Å²) in [6.45, 7) is 1.59. The van der Waals surface area contributed by atoms with Gasteiger partial charge in [-0.2, -0.15) is 0 Å². The van der Waals surface area contributed by atoms with Gasteiger partial charge in [0.2, 0.25) is 0 Å². The lowest BCUT2D eigenvalue weighted by atomic mass is 10.1. The Morgan fingerprint density at radius 1 is 1.43 bits per heavy atom. The molecule has 0 aromatic heterocycles. The van der Waals surface area contributed by atoms with Gasteiger partial charge in [0, 0.05) is 10.0 Å². The van der Waals surface area contributed by atoms with Crippen molar-refractivity contribution in [2.75, 3.05) is 0 Å². The fourth-order valence-corrected chi connectivity index (χ4v) is 1.52. The van der Waals surface area contributed by atoms with Crippen molar-refractivity contribution < 1.29 is 9.90 Å². The highest BCUT2D eigenvalue weighted by molar-refractivity contribution is 14.1. The Kier molecular flexibility index (Phi) is 4.13. The molecule has 0 bridgehead atoms. The van der Waals surface area contributed by atoms with E-state index in [4.69, 9.17) is 5.11 Å². The lowest BCUT2D eigenvalue weighted by Crippen LogP contribution is -1.95. The van der Waals surface area contributed by atoms with Gasteiger partial charge in [-0.05, 0) is 24.1 Å². The Hall–Kier alpha value is -0.840. The average molecular weight is 302 g/mol. The maximum absolute atomic E-state index is 10.6. The summed E-state index contributed by atoms with van der Waals surface area (Å²) < 4.78 is 0.972. The predicted octanol–water partition coefficient (Wildman–Crippen LogP) is 3.11. The minimum Gasteiger partial charge on any atom is -0.478 e. The molecule has 14 heavy (non-hydrogen) atoms. The summed E-state index contributed by atoms with van der Waals surface area (Å²) in [6.07, 6.45) is 1.67. The molecule has 0 unspecified atom stereocenters. The summed E-state index contributed by atoms with van der Waals surface area (Å²) in [5, 5.41) is 8.67. The molecule has 0 aliphatic rings. The van der Waals surface area contributed by atoms with Crippen LogP contribution in [0.15, 0.2) is 29.8 Å². The van der Waals surface area contributed by atoms with Crippen LogP contribution in [-0.4, -0.2) is 11.1 Å². The molecule has 0 saturated heterocycles. The van der Waals surface area contributed by atoms with Crippen LogP contribution in [0.2, 0.25) is 0 Å². The quantitative estimate of drug-likeness (QED) is 0.529. The second-order valence-corrected chi connectivity index (χ2v) is 3.77. The van der Waals surface area contributed by atoms with Crippen LogP contribution in [0.25, 0.3) is 6.08 Å². The number of rotatable bonds is 3. The zero-order chi connectivity index (χ0) is 10.6. The van der Waals surface area contributed by atoms with E-state index in [0.717, 1.165) is 9.99 Å². The first-order valence-electron chi connectivity index (χ1n) is 4.20. The second kappa shape index (κ2) is 5.14. The largest absolute Gasteiger partial charge is 0.478 e. The molecule has 1 N–H and O–H groups in total. The molecule has 3 heteroatoms. The van der Waals surface area contributed by atoms with Crippen LogP contribution in [0, 0.1) is 0 Å². The summed E-state index contributed by atoms with van der Waals surface area (Å²) in [5.74, 6) is -0.872. The van der Waals surface area contributed by atoms with E-state index < -0.39 is 5.97 Å². The third-order valence-corrected chi connectivity index (χ3v) is 2.74. The van der Waals surface area contributed by atoms with Crippen LogP contribution in [0.3, 0.4) is 0 Å². The van der Waals surface area contributed by atoms with Crippen molar-refractivity contribution in [1.29, 1.82) is 0 Å². The maximum Gasteiger partial charge on any atom is 0.331 e. The van der Waals surface area contributed by atoms with Crippen molar-refractivity contribution in [2.45, 2.75) is 11.4 Å². The number of carbonyl (C=O) groups is 1. The Bertz CT molecular complexity index is 352. The first-order chi connectivity index (χ1) is 6.63. The summed E-state index contributed by atoms with van der Waals surface area (Å²) in [6, 6.07) is 7.88. The van der Waals surface area contributed by atoms with Gasteiger partial charge in [0.25, 0.3) is 0 Å². The minimum absolute atomic E-state index is 0.354. The zero-order valence-corrected chi connectivity index (χ0v) is 9.98. The molecule has 74 valence electrons. The maximum atomic E-state index is 10.6. The molecule has 1 aromatic rings. The van der Waals surface area contributed by atoms with Crippen LogP contribution < -0.4 is 0 Å². The highest BCUT2D eigenvalue weighted by atomic mass is 127. The number of halogens is 1. The monoisotopic (exact) mass is 302 g/mol. The van der Waals surface area contributed by atoms with E-state index in [-0.39, 0.29) is 0 Å². The van der Waals surface area contributed by atoms with Crippen LogP contribution in [0.1, 0.15) is 18.1 Å². The predicted molar refractivity (Wildman–Crippen MR) is 65.5 cm³/mol. The van der Waals surface area contributed by atoms with E-state index in [2.05, 4.69) is 22.6 Å². The van der Waals surface area contributed by atoms with Crippen LogP contribution >= 0.6 is 22.6 Å². The highest BCUT2D eigenvalue weighted by Gasteiger charge is 1.99. The smallest absolute Gasteiger partial charge is 0.331 e. The zero-order valence-electron chi connectivity index (χ0n) is 7.83. The van der Waals surface area contributed by atoms with E-state index in [9.17, 15) is 4.79 Å². The number of alkyl halides is 1. The molecule has 0 aliphatic heterocycles. The second-order valence-electron chi connectivity index (χ2n) is 3.01. The van der Waals surface area contributed by atoms with Gasteiger partial charge in [-0.15, -0.1) is 0 Å². The summed E-state index contributed by atoms with van der Waals surface area (Å²) in [5.41, 5.74) is 2.53. The highest BCUT2D eigenvalue weighted by Crippen LogP contribution is 2.11. The third kappa shape index (κ3) is 3.14. The number of carboxylic acids is 1. The van der Waals surface area contributed by atoms with Crippen LogP contribution in [0.4, 0.5) is 0 Å². The fraction of sp³-hybridized carbons (Fsp3) is 0.182. The van der Waals surface area contributed by atoms with Gasteiger partial charge in [0.05, 0.1) is 0 Å². The van der Waals surface area contributed by atoms with Crippen molar-refractivity contribution >= 4 is 34.6 Å². The van der Waals surface area contributed by atoms with Gasteiger partial charge >= 0.3 is 5.97 Å². The van der Waals surface area contributed by atoms with Gasteiger partial charge < -0.3 is 5.11 Å². The van der Waals surface area contributed by atoms with Crippen molar-refractivity contribution in [3.8, 4) is 0 Å². The van der Waals surface area contributed by atoms with E-state index in [1.54, 1.807) is 13.0 Å². The number of hydrogen-bond acceptors (Lipinski definition) is 1. The van der Waals surface area contributed by atoms with E-state index in [0.29, 0.717) is 5.57 Å². The number of carboxylic acid groups (broad SMARTS) is 1. The fourth-order valence-electron chi connectivity index (χ4n) is 1.01. The molecule has 0 aliphatic carbocycles. The molecule has 0 heterocycles. The Morgan fingerprint density at radius 2 is 2.00 bits per heavy atom. The molecule has 0 radical (unpaired) electrons. The standard InChI is InChI=1S/C11H11IO2/c1-8(11(13)14)6-9-2-4-10(7-12)5-3-9/h2-6H,7H2,1H3,(H,13,14). The number of aliphatic carboxylic acids is 1. The molecule has 0 amide bonds. The lowest BCUT2D eigenvalue weighted by molar-refractivity contribution is -0.132. The molecule has 0 spiro atoms. The van der Waals surface area contributed by atoms with Gasteiger partial charge in [0.1, 0.15) is 0 Å². The SMILES string of the molecule is CC(=Cc1ccc(CI)cc1)C(=O)O. The summed E-state index contributed by atoms with van der Waals surface area (Å²) >= 11 is 2.29. The Labute approximate surface area is 96.8 Å². The number of hydrogen-bond donors (Lipinski definition) is 1. The van der Waals surface area contributed by atoms with E-state index in [1.165, 1.54) is 5.56 Å². The summed E-state index contributed by atoms with van der Waals surface area (Å²) in [7, 11) is 0. The van der Waals surface area contributed by atoms with E-state index in [1.807, 2.05) is 24.3 Å².